The maximum atomic E-state index is 10.3. The second-order valence-corrected chi connectivity index (χ2v) is 5.63. The van der Waals surface area contributed by atoms with Crippen molar-refractivity contribution in [3.05, 3.63) is 49.6 Å². The summed E-state index contributed by atoms with van der Waals surface area (Å²) >= 11 is 10.9. The van der Waals surface area contributed by atoms with Crippen molar-refractivity contribution < 1.29 is 9.84 Å². The Morgan fingerprint density at radius 1 is 1.41 bits per heavy atom. The molecule has 0 radical (unpaired) electrons. The predicted molar refractivity (Wildman–Crippen MR) is 74.1 cm³/mol. The van der Waals surface area contributed by atoms with Gasteiger partial charge in [-0.15, -0.1) is 11.3 Å². The highest BCUT2D eigenvalue weighted by Gasteiger charge is 2.18. The lowest BCUT2D eigenvalue weighted by Crippen LogP contribution is -1.99. The van der Waals surface area contributed by atoms with E-state index in [2.05, 4.69) is 15.9 Å². The maximum absolute atomic E-state index is 10.3. The Morgan fingerprint density at radius 3 is 2.71 bits per heavy atom. The van der Waals surface area contributed by atoms with Crippen molar-refractivity contribution in [3.63, 3.8) is 0 Å². The monoisotopic (exact) mass is 332 g/mol. The predicted octanol–water partition coefficient (Wildman–Crippen LogP) is 4.25. The summed E-state index contributed by atoms with van der Waals surface area (Å²) in [6, 6.07) is 7.23. The summed E-state index contributed by atoms with van der Waals surface area (Å²) in [5.41, 5.74) is 0.773. The molecule has 2 rings (SSSR count). The lowest BCUT2D eigenvalue weighted by atomic mass is 10.1. The summed E-state index contributed by atoms with van der Waals surface area (Å²) < 4.78 is 5.91. The van der Waals surface area contributed by atoms with Crippen LogP contribution in [0.15, 0.2) is 34.1 Å². The number of ether oxygens (including phenoxy) is 1. The van der Waals surface area contributed by atoms with Crippen LogP contribution in [-0.2, 0) is 0 Å². The van der Waals surface area contributed by atoms with Gasteiger partial charge in [0.15, 0.2) is 0 Å². The van der Waals surface area contributed by atoms with Crippen LogP contribution in [-0.4, -0.2) is 12.2 Å². The largest absolute Gasteiger partial charge is 0.497 e. The zero-order valence-electron chi connectivity index (χ0n) is 8.98. The van der Waals surface area contributed by atoms with E-state index < -0.39 is 6.10 Å². The summed E-state index contributed by atoms with van der Waals surface area (Å²) in [6.45, 7) is 0. The molecule has 2 aromatic rings. The van der Waals surface area contributed by atoms with Crippen LogP contribution in [0.2, 0.25) is 5.02 Å². The fourth-order valence-electron chi connectivity index (χ4n) is 1.50. The molecule has 1 atom stereocenters. The first-order valence-electron chi connectivity index (χ1n) is 4.88. The Hall–Kier alpha value is -0.550. The normalized spacial score (nSPS) is 12.5. The Morgan fingerprint density at radius 2 is 2.18 bits per heavy atom. The van der Waals surface area contributed by atoms with Gasteiger partial charge in [-0.3, -0.25) is 0 Å². The number of aliphatic hydroxyl groups is 1. The van der Waals surface area contributed by atoms with E-state index in [9.17, 15) is 5.11 Å². The molecule has 1 aromatic carbocycles. The average Bonchev–Trinajstić information content (AvgIpc) is 2.74. The summed E-state index contributed by atoms with van der Waals surface area (Å²) in [7, 11) is 1.61. The number of hydrogen-bond donors (Lipinski definition) is 1. The van der Waals surface area contributed by atoms with Crippen molar-refractivity contribution in [2.45, 2.75) is 6.10 Å². The van der Waals surface area contributed by atoms with Gasteiger partial charge in [-0.25, -0.2) is 0 Å². The lowest BCUT2D eigenvalue weighted by Gasteiger charge is -2.13. The quantitative estimate of drug-likeness (QED) is 0.909. The first-order chi connectivity index (χ1) is 8.13. The molecular weight excluding hydrogens is 324 g/mol. The van der Waals surface area contributed by atoms with E-state index in [0.717, 1.165) is 20.7 Å². The van der Waals surface area contributed by atoms with Crippen molar-refractivity contribution in [2.75, 3.05) is 7.11 Å². The van der Waals surface area contributed by atoms with Gasteiger partial charge in [0.05, 0.1) is 17.0 Å². The third kappa shape index (κ3) is 2.65. The van der Waals surface area contributed by atoms with Crippen molar-refractivity contribution in [1.29, 1.82) is 0 Å². The maximum Gasteiger partial charge on any atom is 0.120 e. The minimum absolute atomic E-state index is 0.588. The second kappa shape index (κ2) is 5.40. The average molecular weight is 334 g/mol. The van der Waals surface area contributed by atoms with E-state index in [0.29, 0.717) is 5.02 Å². The number of benzene rings is 1. The van der Waals surface area contributed by atoms with Gasteiger partial charge >= 0.3 is 0 Å². The number of halogens is 2. The molecule has 0 saturated carbocycles. The minimum atomic E-state index is -0.720. The number of methoxy groups -OCH3 is 1. The Kier molecular flexibility index (Phi) is 4.09. The van der Waals surface area contributed by atoms with E-state index >= 15 is 0 Å². The molecule has 0 aliphatic heterocycles. The van der Waals surface area contributed by atoms with E-state index in [1.54, 1.807) is 13.2 Å². The van der Waals surface area contributed by atoms with Crippen molar-refractivity contribution in [3.8, 4) is 5.75 Å². The molecule has 1 N–H and O–H groups in total. The van der Waals surface area contributed by atoms with Crippen LogP contribution in [0.3, 0.4) is 0 Å². The van der Waals surface area contributed by atoms with Crippen LogP contribution in [0.5, 0.6) is 5.75 Å². The minimum Gasteiger partial charge on any atom is -0.497 e. The summed E-state index contributed by atoms with van der Waals surface area (Å²) in [4.78, 5) is 0.748. The van der Waals surface area contributed by atoms with Crippen LogP contribution in [0.4, 0.5) is 0 Å². The third-order valence-electron chi connectivity index (χ3n) is 2.40. The molecule has 0 aliphatic rings. The Balaban J connectivity index is 2.38. The molecule has 0 spiro atoms. The van der Waals surface area contributed by atoms with E-state index in [1.165, 1.54) is 11.3 Å². The molecule has 2 nitrogen and oxygen atoms in total. The first kappa shape index (κ1) is 12.9. The molecular formula is C12H10BrClO2S. The lowest BCUT2D eigenvalue weighted by molar-refractivity contribution is 0.223. The number of hydrogen-bond acceptors (Lipinski definition) is 3. The standard InChI is InChI=1S/C12H10BrClO2S/c1-16-7-2-3-8(9(13)6-7)11(15)12-10(14)4-5-17-12/h2-6,11,15H,1H3. The fourth-order valence-corrected chi connectivity index (χ4v) is 3.23. The van der Waals surface area contributed by atoms with Crippen LogP contribution in [0, 0.1) is 0 Å². The Bertz CT molecular complexity index is 527. The van der Waals surface area contributed by atoms with Gasteiger partial charge in [0.1, 0.15) is 11.9 Å². The molecule has 1 heterocycles. The molecule has 1 aromatic heterocycles. The highest BCUT2D eigenvalue weighted by atomic mass is 79.9. The molecule has 0 aliphatic carbocycles. The smallest absolute Gasteiger partial charge is 0.120 e. The van der Waals surface area contributed by atoms with E-state index in [1.807, 2.05) is 23.6 Å². The highest BCUT2D eigenvalue weighted by molar-refractivity contribution is 9.10. The van der Waals surface area contributed by atoms with Gasteiger partial charge in [-0.05, 0) is 23.6 Å². The topological polar surface area (TPSA) is 29.5 Å². The molecule has 17 heavy (non-hydrogen) atoms. The zero-order valence-corrected chi connectivity index (χ0v) is 12.1. The van der Waals surface area contributed by atoms with Gasteiger partial charge in [0, 0.05) is 10.0 Å². The second-order valence-electron chi connectivity index (χ2n) is 3.42. The molecule has 90 valence electrons. The van der Waals surface area contributed by atoms with Crippen LogP contribution < -0.4 is 4.74 Å². The van der Waals surface area contributed by atoms with Crippen LogP contribution in [0.25, 0.3) is 0 Å². The van der Waals surface area contributed by atoms with Gasteiger partial charge < -0.3 is 9.84 Å². The zero-order chi connectivity index (χ0) is 12.4. The molecule has 0 saturated heterocycles. The molecule has 0 bridgehead atoms. The highest BCUT2D eigenvalue weighted by Crippen LogP contribution is 2.36. The van der Waals surface area contributed by atoms with E-state index in [4.69, 9.17) is 16.3 Å². The molecule has 0 fully saturated rings. The summed E-state index contributed by atoms with van der Waals surface area (Å²) in [5.74, 6) is 0.741. The third-order valence-corrected chi connectivity index (χ3v) is 4.49. The first-order valence-corrected chi connectivity index (χ1v) is 6.93. The SMILES string of the molecule is COc1ccc(C(O)c2sccc2Cl)c(Br)c1. The molecule has 1 unspecified atom stereocenters. The number of rotatable bonds is 3. The van der Waals surface area contributed by atoms with Gasteiger partial charge in [-0.2, -0.15) is 0 Å². The van der Waals surface area contributed by atoms with Crippen molar-refractivity contribution in [2.24, 2.45) is 0 Å². The van der Waals surface area contributed by atoms with E-state index in [-0.39, 0.29) is 0 Å². The van der Waals surface area contributed by atoms with Gasteiger partial charge in [0.2, 0.25) is 0 Å². The summed E-state index contributed by atoms with van der Waals surface area (Å²) in [6.07, 6.45) is -0.720. The van der Waals surface area contributed by atoms with Crippen molar-refractivity contribution >= 4 is 38.9 Å². The fraction of sp³-hybridized carbons (Fsp3) is 0.167. The van der Waals surface area contributed by atoms with Gasteiger partial charge in [0.25, 0.3) is 0 Å². The molecule has 5 heteroatoms. The van der Waals surface area contributed by atoms with Crippen LogP contribution >= 0.6 is 38.9 Å². The number of thiophene rings is 1. The molecule has 0 amide bonds. The Labute approximate surface area is 117 Å². The van der Waals surface area contributed by atoms with Crippen LogP contribution in [0.1, 0.15) is 16.5 Å². The number of aliphatic hydroxyl groups excluding tert-OH is 1. The van der Waals surface area contributed by atoms with Gasteiger partial charge in [-0.1, -0.05) is 33.6 Å². The van der Waals surface area contributed by atoms with Crippen molar-refractivity contribution in [1.82, 2.24) is 0 Å². The summed E-state index contributed by atoms with van der Waals surface area (Å²) in [5, 5.41) is 12.7.